The Morgan fingerprint density at radius 3 is 2.33 bits per heavy atom. The van der Waals surface area contributed by atoms with Gasteiger partial charge in [-0.15, -0.1) is 0 Å². The zero-order chi connectivity index (χ0) is 11.4. The summed E-state index contributed by atoms with van der Waals surface area (Å²) in [5.74, 6) is -0.367. The lowest BCUT2D eigenvalue weighted by atomic mass is 10.0. The van der Waals surface area contributed by atoms with Crippen molar-refractivity contribution in [3.63, 3.8) is 0 Å². The van der Waals surface area contributed by atoms with Gasteiger partial charge in [-0.3, -0.25) is 4.79 Å². The highest BCUT2D eigenvalue weighted by Crippen LogP contribution is 2.10. The first-order valence-electron chi connectivity index (χ1n) is 4.93. The number of rotatable bonds is 3. The molecule has 0 aliphatic rings. The van der Waals surface area contributed by atoms with E-state index in [1.165, 1.54) is 18.2 Å². The monoisotopic (exact) mass is 207 g/mol. The highest BCUT2D eigenvalue weighted by Gasteiger charge is 2.14. The Morgan fingerprint density at radius 2 is 1.87 bits per heavy atom. The second-order valence-corrected chi connectivity index (χ2v) is 3.83. The second-order valence-electron chi connectivity index (χ2n) is 3.83. The van der Waals surface area contributed by atoms with Crippen LogP contribution in [0.4, 0.5) is 0 Å². The summed E-state index contributed by atoms with van der Waals surface area (Å²) in [6.07, 6.45) is 0.523. The number of hydrogen-bond acceptors (Lipinski definition) is 3. The molecule has 0 bridgehead atoms. The van der Waals surface area contributed by atoms with E-state index in [4.69, 9.17) is 5.73 Å². The SMILES string of the molecule is COC(=O)[C@H](N)Cc1cc(C)cc(C)c1. The third kappa shape index (κ3) is 3.36. The van der Waals surface area contributed by atoms with Crippen LogP contribution in [0.25, 0.3) is 0 Å². The quantitative estimate of drug-likeness (QED) is 0.761. The topological polar surface area (TPSA) is 52.3 Å². The molecule has 0 aromatic heterocycles. The van der Waals surface area contributed by atoms with Crippen molar-refractivity contribution >= 4 is 5.97 Å². The molecular weight excluding hydrogens is 190 g/mol. The highest BCUT2D eigenvalue weighted by atomic mass is 16.5. The molecule has 2 N–H and O–H groups in total. The number of benzene rings is 1. The first-order chi connectivity index (χ1) is 7.02. The lowest BCUT2D eigenvalue weighted by Gasteiger charge is -2.10. The van der Waals surface area contributed by atoms with Crippen LogP contribution in [0, 0.1) is 13.8 Å². The molecule has 0 aliphatic carbocycles. The Balaban J connectivity index is 2.76. The minimum Gasteiger partial charge on any atom is -0.468 e. The van der Waals surface area contributed by atoms with Crippen molar-refractivity contribution in [3.05, 3.63) is 34.9 Å². The van der Waals surface area contributed by atoms with Crippen molar-refractivity contribution in [2.24, 2.45) is 5.73 Å². The van der Waals surface area contributed by atoms with E-state index in [-0.39, 0.29) is 5.97 Å². The zero-order valence-electron chi connectivity index (χ0n) is 9.41. The summed E-state index contributed by atoms with van der Waals surface area (Å²) >= 11 is 0. The fourth-order valence-electron chi connectivity index (χ4n) is 1.68. The van der Waals surface area contributed by atoms with Gasteiger partial charge in [-0.05, 0) is 25.8 Å². The number of carbonyl (C=O) groups is 1. The van der Waals surface area contributed by atoms with Crippen LogP contribution in [0.3, 0.4) is 0 Å². The molecule has 0 unspecified atom stereocenters. The molecule has 0 amide bonds. The van der Waals surface area contributed by atoms with Crippen molar-refractivity contribution in [2.75, 3.05) is 7.11 Å². The fourth-order valence-corrected chi connectivity index (χ4v) is 1.68. The number of esters is 1. The van der Waals surface area contributed by atoms with Crippen LogP contribution < -0.4 is 5.73 Å². The molecule has 0 saturated heterocycles. The van der Waals surface area contributed by atoms with Crippen LogP contribution in [0.2, 0.25) is 0 Å². The van der Waals surface area contributed by atoms with Crippen molar-refractivity contribution in [3.8, 4) is 0 Å². The summed E-state index contributed by atoms with van der Waals surface area (Å²) in [5, 5.41) is 0. The number of nitrogens with two attached hydrogens (primary N) is 1. The lowest BCUT2D eigenvalue weighted by Crippen LogP contribution is -2.33. The van der Waals surface area contributed by atoms with Crippen molar-refractivity contribution in [2.45, 2.75) is 26.3 Å². The Kier molecular flexibility index (Phi) is 3.86. The number of carbonyl (C=O) groups excluding carboxylic acids is 1. The fraction of sp³-hybridized carbons (Fsp3) is 0.417. The molecule has 1 aromatic rings. The third-order valence-corrected chi connectivity index (χ3v) is 2.24. The van der Waals surface area contributed by atoms with E-state index in [0.29, 0.717) is 6.42 Å². The Hall–Kier alpha value is -1.35. The molecule has 1 aromatic carbocycles. The van der Waals surface area contributed by atoms with Crippen molar-refractivity contribution in [1.29, 1.82) is 0 Å². The number of hydrogen-bond donors (Lipinski definition) is 1. The van der Waals surface area contributed by atoms with Crippen molar-refractivity contribution in [1.82, 2.24) is 0 Å². The molecule has 0 heterocycles. The van der Waals surface area contributed by atoms with Gasteiger partial charge in [0.15, 0.2) is 0 Å². The number of aryl methyl sites for hydroxylation is 2. The maximum atomic E-state index is 11.1. The van der Waals surface area contributed by atoms with Gasteiger partial charge in [0.2, 0.25) is 0 Å². The summed E-state index contributed by atoms with van der Waals surface area (Å²) in [6, 6.07) is 5.59. The minimum absolute atomic E-state index is 0.367. The summed E-state index contributed by atoms with van der Waals surface area (Å²) in [4.78, 5) is 11.1. The maximum absolute atomic E-state index is 11.1. The highest BCUT2D eigenvalue weighted by molar-refractivity contribution is 5.75. The van der Waals surface area contributed by atoms with Crippen LogP contribution in [0.15, 0.2) is 18.2 Å². The lowest BCUT2D eigenvalue weighted by molar-refractivity contribution is -0.142. The Bertz CT molecular complexity index is 340. The summed E-state index contributed by atoms with van der Waals surface area (Å²) in [5.41, 5.74) is 9.12. The normalized spacial score (nSPS) is 12.3. The predicted octanol–water partition coefficient (Wildman–Crippen LogP) is 1.35. The molecule has 3 nitrogen and oxygen atoms in total. The minimum atomic E-state index is -0.573. The predicted molar refractivity (Wildman–Crippen MR) is 59.6 cm³/mol. The molecule has 82 valence electrons. The molecular formula is C12H17NO2. The first-order valence-corrected chi connectivity index (χ1v) is 4.93. The van der Waals surface area contributed by atoms with Gasteiger partial charge in [0.1, 0.15) is 6.04 Å². The summed E-state index contributed by atoms with van der Waals surface area (Å²) in [7, 11) is 1.35. The van der Waals surface area contributed by atoms with Crippen LogP contribution in [-0.2, 0) is 16.0 Å². The van der Waals surface area contributed by atoms with E-state index in [0.717, 1.165) is 5.56 Å². The van der Waals surface area contributed by atoms with Crippen LogP contribution in [0.1, 0.15) is 16.7 Å². The largest absolute Gasteiger partial charge is 0.468 e. The molecule has 1 rings (SSSR count). The number of ether oxygens (including phenoxy) is 1. The molecule has 15 heavy (non-hydrogen) atoms. The van der Waals surface area contributed by atoms with E-state index in [1.54, 1.807) is 0 Å². The van der Waals surface area contributed by atoms with Gasteiger partial charge in [0, 0.05) is 0 Å². The molecule has 0 spiro atoms. The molecule has 1 atom stereocenters. The Labute approximate surface area is 90.2 Å². The summed E-state index contributed by atoms with van der Waals surface area (Å²) in [6.45, 7) is 4.06. The van der Waals surface area contributed by atoms with Gasteiger partial charge >= 0.3 is 5.97 Å². The first kappa shape index (κ1) is 11.7. The average Bonchev–Trinajstić information content (AvgIpc) is 2.14. The van der Waals surface area contributed by atoms with E-state index in [2.05, 4.69) is 10.8 Å². The van der Waals surface area contributed by atoms with E-state index < -0.39 is 6.04 Å². The van der Waals surface area contributed by atoms with Crippen LogP contribution in [-0.4, -0.2) is 19.1 Å². The second kappa shape index (κ2) is 4.94. The molecule has 0 fully saturated rings. The standard InChI is InChI=1S/C12H17NO2/c1-8-4-9(2)6-10(5-8)7-11(13)12(14)15-3/h4-6,11H,7,13H2,1-3H3/t11-/m1/s1. The molecule has 0 saturated carbocycles. The maximum Gasteiger partial charge on any atom is 0.322 e. The van der Waals surface area contributed by atoms with Crippen LogP contribution in [0.5, 0.6) is 0 Å². The zero-order valence-corrected chi connectivity index (χ0v) is 9.41. The van der Waals surface area contributed by atoms with Gasteiger partial charge in [-0.1, -0.05) is 29.3 Å². The van der Waals surface area contributed by atoms with Gasteiger partial charge in [0.05, 0.1) is 7.11 Å². The third-order valence-electron chi connectivity index (χ3n) is 2.24. The average molecular weight is 207 g/mol. The molecule has 0 radical (unpaired) electrons. The van der Waals surface area contributed by atoms with E-state index in [1.807, 2.05) is 26.0 Å². The molecule has 3 heteroatoms. The van der Waals surface area contributed by atoms with Gasteiger partial charge in [-0.2, -0.15) is 0 Å². The van der Waals surface area contributed by atoms with E-state index >= 15 is 0 Å². The van der Waals surface area contributed by atoms with Gasteiger partial charge < -0.3 is 10.5 Å². The number of methoxy groups -OCH3 is 1. The molecule has 0 aliphatic heterocycles. The van der Waals surface area contributed by atoms with Crippen molar-refractivity contribution < 1.29 is 9.53 Å². The van der Waals surface area contributed by atoms with E-state index in [9.17, 15) is 4.79 Å². The van der Waals surface area contributed by atoms with Crippen LogP contribution >= 0.6 is 0 Å². The van der Waals surface area contributed by atoms with Gasteiger partial charge in [-0.25, -0.2) is 0 Å². The smallest absolute Gasteiger partial charge is 0.322 e. The Morgan fingerprint density at radius 1 is 1.33 bits per heavy atom. The summed E-state index contributed by atoms with van der Waals surface area (Å²) < 4.78 is 4.58. The van der Waals surface area contributed by atoms with Gasteiger partial charge in [0.25, 0.3) is 0 Å².